The van der Waals surface area contributed by atoms with Crippen LogP contribution in [0.3, 0.4) is 0 Å². The Hall–Kier alpha value is -0.810. The first kappa shape index (κ1) is 19.2. The summed E-state index contributed by atoms with van der Waals surface area (Å²) in [5, 5.41) is 9.08. The molecule has 128 valence electrons. The maximum atomic E-state index is 11.9. The molecule has 2 rings (SSSR count). The van der Waals surface area contributed by atoms with Gasteiger partial charge in [-0.05, 0) is 37.8 Å². The van der Waals surface area contributed by atoms with E-state index in [2.05, 4.69) is 22.9 Å². The molecule has 0 spiro atoms. The van der Waals surface area contributed by atoms with Gasteiger partial charge in [0.05, 0.1) is 6.54 Å². The molecule has 0 aromatic rings. The Morgan fingerprint density at radius 3 is 2.55 bits per heavy atom. The van der Waals surface area contributed by atoms with Gasteiger partial charge in [-0.1, -0.05) is 32.6 Å². The van der Waals surface area contributed by atoms with E-state index >= 15 is 0 Å². The van der Waals surface area contributed by atoms with E-state index in [1.165, 1.54) is 25.7 Å². The molecule has 6 heteroatoms. The smallest absolute Gasteiger partial charge is 0.239 e. The van der Waals surface area contributed by atoms with Crippen LogP contribution in [0.4, 0.5) is 0 Å². The minimum Gasteiger partial charge on any atom is -0.351 e. The molecule has 1 heterocycles. The van der Waals surface area contributed by atoms with Crippen molar-refractivity contribution in [2.75, 3.05) is 19.6 Å². The third-order valence-electron chi connectivity index (χ3n) is 4.83. The molecule has 2 aliphatic rings. The largest absolute Gasteiger partial charge is 0.351 e. The van der Waals surface area contributed by atoms with Gasteiger partial charge >= 0.3 is 0 Å². The molecule has 22 heavy (non-hydrogen) atoms. The third kappa shape index (κ3) is 6.53. The highest BCUT2D eigenvalue weighted by Gasteiger charge is 2.22. The predicted molar refractivity (Wildman–Crippen MR) is 90.0 cm³/mol. The van der Waals surface area contributed by atoms with Crippen LogP contribution in [0.5, 0.6) is 0 Å². The minimum atomic E-state index is -0.0667. The molecule has 1 aliphatic heterocycles. The van der Waals surface area contributed by atoms with E-state index < -0.39 is 0 Å². The van der Waals surface area contributed by atoms with E-state index in [0.29, 0.717) is 12.3 Å². The van der Waals surface area contributed by atoms with Gasteiger partial charge in [-0.25, -0.2) is 0 Å². The molecular weight excluding hydrogens is 302 g/mol. The summed E-state index contributed by atoms with van der Waals surface area (Å²) in [5.74, 6) is 1.11. The number of halogens is 1. The molecule has 2 fully saturated rings. The molecule has 3 N–H and O–H groups in total. The summed E-state index contributed by atoms with van der Waals surface area (Å²) < 4.78 is 0. The van der Waals surface area contributed by atoms with Crippen LogP contribution in [0.15, 0.2) is 0 Å². The summed E-state index contributed by atoms with van der Waals surface area (Å²) in [6.07, 6.45) is 7.64. The highest BCUT2D eigenvalue weighted by Crippen LogP contribution is 2.28. The number of carbonyl (C=O) groups is 2. The second-order valence-electron chi connectivity index (χ2n) is 6.61. The Morgan fingerprint density at radius 2 is 1.86 bits per heavy atom. The number of piperidine rings is 1. The number of amides is 2. The van der Waals surface area contributed by atoms with E-state index in [1.54, 1.807) is 0 Å². The lowest BCUT2D eigenvalue weighted by Gasteiger charge is -2.30. The van der Waals surface area contributed by atoms with Gasteiger partial charge in [0, 0.05) is 12.5 Å². The van der Waals surface area contributed by atoms with Crippen molar-refractivity contribution in [2.24, 2.45) is 11.8 Å². The molecule has 1 saturated heterocycles. The van der Waals surface area contributed by atoms with Crippen molar-refractivity contribution in [2.45, 2.75) is 57.9 Å². The van der Waals surface area contributed by atoms with Crippen LogP contribution in [0.1, 0.15) is 51.9 Å². The minimum absolute atomic E-state index is 0. The zero-order valence-corrected chi connectivity index (χ0v) is 14.3. The van der Waals surface area contributed by atoms with Crippen LogP contribution < -0.4 is 16.0 Å². The van der Waals surface area contributed by atoms with Gasteiger partial charge in [0.15, 0.2) is 0 Å². The van der Waals surface area contributed by atoms with E-state index in [4.69, 9.17) is 0 Å². The Labute approximate surface area is 139 Å². The van der Waals surface area contributed by atoms with Crippen molar-refractivity contribution in [3.05, 3.63) is 0 Å². The Balaban J connectivity index is 0.00000242. The first-order valence-electron chi connectivity index (χ1n) is 8.42. The Morgan fingerprint density at radius 1 is 1.14 bits per heavy atom. The molecule has 0 aromatic carbocycles. The van der Waals surface area contributed by atoms with Crippen LogP contribution in [-0.4, -0.2) is 37.5 Å². The average molecular weight is 332 g/mol. The van der Waals surface area contributed by atoms with Crippen LogP contribution in [0.2, 0.25) is 0 Å². The zero-order chi connectivity index (χ0) is 15.1. The molecule has 1 saturated carbocycles. The molecular formula is C16H30ClN3O2. The van der Waals surface area contributed by atoms with Crippen LogP contribution in [0, 0.1) is 11.8 Å². The number of hydrogen-bond donors (Lipinski definition) is 3. The molecule has 2 atom stereocenters. The second kappa shape index (κ2) is 10.1. The van der Waals surface area contributed by atoms with Crippen molar-refractivity contribution >= 4 is 24.2 Å². The lowest BCUT2D eigenvalue weighted by Crippen LogP contribution is -2.50. The molecule has 2 amide bonds. The van der Waals surface area contributed by atoms with E-state index in [0.717, 1.165) is 31.8 Å². The number of hydrogen-bond acceptors (Lipinski definition) is 3. The van der Waals surface area contributed by atoms with Gasteiger partial charge in [-0.2, -0.15) is 0 Å². The van der Waals surface area contributed by atoms with Crippen molar-refractivity contribution in [1.29, 1.82) is 0 Å². The number of rotatable bonds is 6. The van der Waals surface area contributed by atoms with Gasteiger partial charge < -0.3 is 16.0 Å². The zero-order valence-electron chi connectivity index (χ0n) is 13.5. The third-order valence-corrected chi connectivity index (χ3v) is 4.83. The second-order valence-corrected chi connectivity index (χ2v) is 6.61. The highest BCUT2D eigenvalue weighted by molar-refractivity contribution is 5.85. The first-order chi connectivity index (χ1) is 10.1. The molecule has 0 bridgehead atoms. The van der Waals surface area contributed by atoms with Crippen LogP contribution >= 0.6 is 12.4 Å². The first-order valence-corrected chi connectivity index (χ1v) is 8.42. The molecule has 0 aromatic heterocycles. The SMILES string of the molecule is CC1CNCCC1NC(=O)CNC(=O)CCC1CCCC1.Cl. The summed E-state index contributed by atoms with van der Waals surface area (Å²) in [6.45, 7) is 4.14. The van der Waals surface area contributed by atoms with Crippen molar-refractivity contribution in [3.63, 3.8) is 0 Å². The van der Waals surface area contributed by atoms with E-state index in [1.807, 2.05) is 0 Å². The monoisotopic (exact) mass is 331 g/mol. The predicted octanol–water partition coefficient (Wildman–Crippen LogP) is 1.61. The van der Waals surface area contributed by atoms with Crippen molar-refractivity contribution in [1.82, 2.24) is 16.0 Å². The highest BCUT2D eigenvalue weighted by atomic mass is 35.5. The number of carbonyl (C=O) groups excluding carboxylic acids is 2. The quantitative estimate of drug-likeness (QED) is 0.692. The van der Waals surface area contributed by atoms with E-state index in [-0.39, 0.29) is 36.8 Å². The van der Waals surface area contributed by atoms with Gasteiger partial charge in [0.1, 0.15) is 0 Å². The maximum absolute atomic E-state index is 11.9. The van der Waals surface area contributed by atoms with Crippen LogP contribution in [-0.2, 0) is 9.59 Å². The van der Waals surface area contributed by atoms with Gasteiger partial charge in [0.25, 0.3) is 0 Å². The molecule has 1 aliphatic carbocycles. The standard InChI is InChI=1S/C16H29N3O2.ClH/c1-12-10-17-9-8-14(12)19-16(21)11-18-15(20)7-6-13-4-2-3-5-13;/h12-14,17H,2-11H2,1H3,(H,18,20)(H,19,21);1H. The van der Waals surface area contributed by atoms with Gasteiger partial charge in [0.2, 0.25) is 11.8 Å². The van der Waals surface area contributed by atoms with Gasteiger partial charge in [-0.3, -0.25) is 9.59 Å². The summed E-state index contributed by atoms with van der Waals surface area (Å²) in [5.41, 5.74) is 0. The van der Waals surface area contributed by atoms with E-state index in [9.17, 15) is 9.59 Å². The lowest BCUT2D eigenvalue weighted by molar-refractivity contribution is -0.126. The summed E-state index contributed by atoms with van der Waals surface area (Å²) in [7, 11) is 0. The average Bonchev–Trinajstić information content (AvgIpc) is 2.99. The molecule has 5 nitrogen and oxygen atoms in total. The van der Waals surface area contributed by atoms with Crippen molar-refractivity contribution < 1.29 is 9.59 Å². The number of nitrogens with one attached hydrogen (secondary N) is 3. The fourth-order valence-corrected chi connectivity index (χ4v) is 3.39. The summed E-state index contributed by atoms with van der Waals surface area (Å²) >= 11 is 0. The fourth-order valence-electron chi connectivity index (χ4n) is 3.39. The fraction of sp³-hybridized carbons (Fsp3) is 0.875. The lowest BCUT2D eigenvalue weighted by atomic mass is 9.95. The summed E-state index contributed by atoms with van der Waals surface area (Å²) in [4.78, 5) is 23.6. The maximum Gasteiger partial charge on any atom is 0.239 e. The van der Waals surface area contributed by atoms with Gasteiger partial charge in [-0.15, -0.1) is 12.4 Å². The Bertz CT molecular complexity index is 359. The topological polar surface area (TPSA) is 70.2 Å². The van der Waals surface area contributed by atoms with Crippen molar-refractivity contribution in [3.8, 4) is 0 Å². The Kier molecular flexibility index (Phi) is 8.79. The molecule has 2 unspecified atom stereocenters. The normalized spacial score (nSPS) is 25.3. The summed E-state index contributed by atoms with van der Waals surface area (Å²) in [6, 6.07) is 0.231. The van der Waals surface area contributed by atoms with Crippen LogP contribution in [0.25, 0.3) is 0 Å². The molecule has 0 radical (unpaired) electrons.